The monoisotopic (exact) mass is 2490 g/mol. The van der Waals surface area contributed by atoms with E-state index in [1.807, 2.05) is 65.8 Å². The van der Waals surface area contributed by atoms with Crippen molar-refractivity contribution in [2.24, 2.45) is 47.3 Å². The first-order valence-corrected chi connectivity index (χ1v) is 45.5. The minimum atomic E-state index is -0.537. The molecule has 3 unspecified atom stereocenters. The maximum absolute atomic E-state index is 9.47. The molecule has 0 aliphatic heterocycles. The van der Waals surface area contributed by atoms with Crippen LogP contribution in [0.2, 0.25) is 0 Å². The van der Waals surface area contributed by atoms with Crippen LogP contribution >= 0.6 is 0 Å². The number of fused-ring (bicyclic) bond motifs is 4. The summed E-state index contributed by atoms with van der Waals surface area (Å²) in [5.74, 6) is 4.51. The van der Waals surface area contributed by atoms with Gasteiger partial charge in [-0.3, -0.25) is 24.9 Å². The minimum Gasteiger partial charge on any atom is -0.513 e. The van der Waals surface area contributed by atoms with Gasteiger partial charge in [-0.2, -0.15) is 0 Å². The van der Waals surface area contributed by atoms with Crippen molar-refractivity contribution < 1.29 is 116 Å². The van der Waals surface area contributed by atoms with Crippen molar-refractivity contribution in [2.45, 2.75) is 237 Å². The Morgan fingerprint density at radius 3 is 0.864 bits per heavy atom. The van der Waals surface area contributed by atoms with Gasteiger partial charge >= 0.3 is 0 Å². The number of benzene rings is 8. The number of pyridine rings is 5. The first kappa shape index (κ1) is 119. The molecule has 0 amide bonds. The molecule has 8 aromatic carbocycles. The van der Waals surface area contributed by atoms with Crippen LogP contribution in [0.3, 0.4) is 0 Å². The number of allylic oxidation sites excluding steroid dienone is 3. The quantitative estimate of drug-likeness (QED) is 0.0250. The molecule has 12 nitrogen and oxygen atoms in total. The Bertz CT molecular complexity index is 5230. The Hall–Kier alpha value is -8.81. The number of rotatable bonds is 22. The molecule has 3 atom stereocenters. The van der Waals surface area contributed by atoms with E-state index in [0.29, 0.717) is 59.8 Å². The minimum absolute atomic E-state index is 0. The molecule has 4 radical (unpaired) electrons. The first-order chi connectivity index (χ1) is 60.5. The van der Waals surface area contributed by atoms with Crippen LogP contribution in [0.1, 0.15) is 210 Å². The zero-order chi connectivity index (χ0) is 94.8. The Balaban J connectivity index is 0.000000522. The zero-order valence-electron chi connectivity index (χ0n) is 82.7. The Labute approximate surface area is 845 Å². The van der Waals surface area contributed by atoms with Crippen molar-refractivity contribution >= 4 is 49.4 Å². The normalized spacial score (nSPS) is 11.9. The summed E-state index contributed by atoms with van der Waals surface area (Å²) in [6, 6.07) is 78.5. The van der Waals surface area contributed by atoms with Crippen LogP contribution < -0.4 is 0 Å². The number of nitrogens with zero attached hydrogens (tertiary/aromatic N) is 5. The van der Waals surface area contributed by atoms with Crippen molar-refractivity contribution in [3.8, 4) is 45.0 Å². The molecular weight excluding hydrogens is 2340 g/mol. The number of aliphatic hydroxyl groups excluding tert-OH is 7. The summed E-state index contributed by atoms with van der Waals surface area (Å²) in [5, 5.41) is 68.2. The summed E-state index contributed by atoms with van der Waals surface area (Å²) in [6.45, 7) is 57.2. The van der Waals surface area contributed by atoms with Gasteiger partial charge in [0.2, 0.25) is 0 Å². The van der Waals surface area contributed by atoms with Gasteiger partial charge in [0.15, 0.2) is 0 Å². The predicted octanol–water partition coefficient (Wildman–Crippen LogP) is 29.5. The van der Waals surface area contributed by atoms with Gasteiger partial charge in [0, 0.05) is 121 Å². The van der Waals surface area contributed by atoms with Crippen LogP contribution in [0.5, 0.6) is 0 Å². The van der Waals surface area contributed by atoms with Crippen molar-refractivity contribution in [2.75, 3.05) is 0 Å². The van der Waals surface area contributed by atoms with Gasteiger partial charge < -0.3 is 35.7 Å². The van der Waals surface area contributed by atoms with Crippen LogP contribution in [0, 0.1) is 127 Å². The van der Waals surface area contributed by atoms with E-state index in [0.717, 1.165) is 92.8 Å². The van der Waals surface area contributed by atoms with Gasteiger partial charge in [-0.25, -0.2) is 0 Å². The average molecular weight is 2490 g/mol. The van der Waals surface area contributed by atoms with E-state index in [1.54, 1.807) is 37.4 Å². The molecule has 5 heterocycles. The molecule has 0 aliphatic carbocycles. The molecule has 0 aliphatic rings. The van der Waals surface area contributed by atoms with Crippen molar-refractivity contribution in [1.29, 1.82) is 0 Å². The standard InChI is InChI=1S/4C21H22N.C11H22O2.C9H18O2.C7H7NO.C5H10O2.4Ir/c4*1-14(2)12-17-6-5-7-21-19(17)10-11-20(22-21)18-9-8-15(3)16(4)13-18;1-8(2)5-10(12)7-11(13)6-9(3)4;1-6(2)8(10)5-9(11)7(3)4;1-6(9)7-4-2-3-5-8-7;1-4(6)3-5(2)7;;;;/h4*5-8,10-11,13-14H,12H2,1-4H3;7-10,12-13H,5-6H2,1-4H3;5-8,10-11H,1-4H3;2-5,9H,1H2;3-4,6-7H,1-2H3;;;;/q4*-1;;;;;;;;. The maximum atomic E-state index is 9.47. The van der Waals surface area contributed by atoms with E-state index in [2.05, 4.69) is 306 Å². The molecule has 0 saturated carbocycles. The molecule has 0 saturated heterocycles. The summed E-state index contributed by atoms with van der Waals surface area (Å²) in [7, 11) is 0. The van der Waals surface area contributed by atoms with E-state index < -0.39 is 18.3 Å². The van der Waals surface area contributed by atoms with E-state index in [-0.39, 0.29) is 110 Å². The summed E-state index contributed by atoms with van der Waals surface area (Å²) in [5.41, 5.74) is 28.8. The van der Waals surface area contributed by atoms with Crippen LogP contribution in [-0.2, 0) is 106 Å². The first-order valence-electron chi connectivity index (χ1n) is 45.5. The topological polar surface area (TPSA) is 206 Å². The SMILES string of the molecule is C=C(O)c1ccccn1.CC(C)C(O)=CC(O)C(C)C.CC(C)CC(O)=CC(O)CC(C)C.CC(O)=CC(C)O.Cc1c[c-]c(-c2ccc3c(CC(C)C)cccc3n2)cc1C.Cc1c[c-]c(-c2ccc3c(CC(C)C)cccc3n2)cc1C.Cc1c[c-]c(-c2ccc3c(CC(C)C)cccc3n2)cc1C.Cc1c[c-]c(-c2ccc3c(CC(C)C)cccc3n2)cc1C.[Ir].[Ir].[Ir].[Ir]. The fourth-order valence-electron chi connectivity index (χ4n) is 13.9. The number of hydrogen-bond acceptors (Lipinski definition) is 12. The summed E-state index contributed by atoms with van der Waals surface area (Å²) < 4.78 is 0. The molecule has 0 fully saturated rings. The smallest absolute Gasteiger partial charge is 0.134 e. The van der Waals surface area contributed by atoms with Gasteiger partial charge in [0.05, 0.1) is 57.7 Å². The Kier molecular flexibility index (Phi) is 54.1. The Morgan fingerprint density at radius 2 is 0.659 bits per heavy atom. The average Bonchev–Trinajstić information content (AvgIpc) is 0.812. The molecule has 13 aromatic rings. The number of aryl methyl sites for hydroxylation is 8. The second-order valence-corrected chi connectivity index (χ2v) is 37.1. The predicted molar refractivity (Wildman–Crippen MR) is 542 cm³/mol. The third-order valence-corrected chi connectivity index (χ3v) is 21.4. The summed E-state index contributed by atoms with van der Waals surface area (Å²) in [4.78, 5) is 23.2. The van der Waals surface area contributed by atoms with Crippen LogP contribution in [0.15, 0.2) is 236 Å². The molecule has 5 aromatic heterocycles. The molecule has 132 heavy (non-hydrogen) atoms. The van der Waals surface area contributed by atoms with Crippen LogP contribution in [0.25, 0.3) is 94.4 Å². The molecule has 716 valence electrons. The molecule has 16 heteroatoms. The molecular formula is C116H145Ir4N5O7-4. The number of hydrogen-bond donors (Lipinski definition) is 7. The molecule has 0 spiro atoms. The molecule has 7 N–H and O–H groups in total. The second-order valence-electron chi connectivity index (χ2n) is 37.1. The van der Waals surface area contributed by atoms with E-state index in [1.165, 1.54) is 107 Å². The summed E-state index contributed by atoms with van der Waals surface area (Å²) >= 11 is 0. The van der Waals surface area contributed by atoms with Gasteiger partial charge in [-0.05, 0) is 187 Å². The van der Waals surface area contributed by atoms with Crippen LogP contribution in [0.4, 0.5) is 0 Å². The fraction of sp³-hybridized carbons (Fsp3) is 0.371. The second kappa shape index (κ2) is 59.8. The van der Waals surface area contributed by atoms with Crippen molar-refractivity contribution in [1.82, 2.24) is 24.9 Å². The van der Waals surface area contributed by atoms with E-state index in [4.69, 9.17) is 35.3 Å². The van der Waals surface area contributed by atoms with E-state index in [9.17, 15) is 20.4 Å². The van der Waals surface area contributed by atoms with Crippen molar-refractivity contribution in [3.63, 3.8) is 0 Å². The molecule has 0 bridgehead atoms. The van der Waals surface area contributed by atoms with Gasteiger partial charge in [0.25, 0.3) is 0 Å². The largest absolute Gasteiger partial charge is 0.513 e. The number of aliphatic hydroxyl groups is 7. The zero-order valence-corrected chi connectivity index (χ0v) is 92.3. The molecule has 13 rings (SSSR count). The summed E-state index contributed by atoms with van der Waals surface area (Å²) in [6.07, 6.45) is 10.2. The van der Waals surface area contributed by atoms with E-state index >= 15 is 0 Å². The number of aromatic nitrogens is 5. The maximum Gasteiger partial charge on any atom is 0.134 e. The third kappa shape index (κ3) is 40.8. The van der Waals surface area contributed by atoms with Gasteiger partial charge in [-0.15, -0.1) is 140 Å². The Morgan fingerprint density at radius 1 is 0.356 bits per heavy atom. The van der Waals surface area contributed by atoms with Gasteiger partial charge in [0.1, 0.15) is 11.5 Å². The fourth-order valence-corrected chi connectivity index (χ4v) is 13.9. The third-order valence-electron chi connectivity index (χ3n) is 21.4. The van der Waals surface area contributed by atoms with Gasteiger partial charge in [-0.1, -0.05) is 276 Å². The van der Waals surface area contributed by atoms with Crippen LogP contribution in [-0.4, -0.2) is 79.0 Å². The van der Waals surface area contributed by atoms with Crippen molar-refractivity contribution in [3.05, 3.63) is 333 Å².